The van der Waals surface area contributed by atoms with Crippen molar-refractivity contribution >= 4 is 51.3 Å². The molecule has 0 spiro atoms. The van der Waals surface area contributed by atoms with Crippen molar-refractivity contribution in [2.75, 3.05) is 5.32 Å². The van der Waals surface area contributed by atoms with Crippen LogP contribution in [0.15, 0.2) is 28.7 Å². The first-order valence-corrected chi connectivity index (χ1v) is 6.84. The summed E-state index contributed by atoms with van der Waals surface area (Å²) in [6.07, 6.45) is 0. The quantitative estimate of drug-likeness (QED) is 0.814. The van der Waals surface area contributed by atoms with Gasteiger partial charge in [0.15, 0.2) is 0 Å². The van der Waals surface area contributed by atoms with Crippen LogP contribution in [0.1, 0.15) is 16.1 Å². The molecule has 2 rings (SSSR count). The molecule has 1 heterocycles. The van der Waals surface area contributed by atoms with Gasteiger partial charge in [0.05, 0.1) is 5.56 Å². The van der Waals surface area contributed by atoms with Crippen molar-refractivity contribution in [2.45, 2.75) is 6.92 Å². The van der Waals surface area contributed by atoms with Gasteiger partial charge >= 0.3 is 0 Å². The third-order valence-electron chi connectivity index (χ3n) is 2.21. The summed E-state index contributed by atoms with van der Waals surface area (Å²) in [6.45, 7) is 1.84. The first-order chi connectivity index (χ1) is 8.08. The molecule has 2 aromatic rings. The van der Waals surface area contributed by atoms with Crippen molar-refractivity contribution in [3.05, 3.63) is 43.8 Å². The van der Waals surface area contributed by atoms with Crippen LogP contribution in [-0.2, 0) is 0 Å². The number of H-pyrrole nitrogens is 1. The van der Waals surface area contributed by atoms with Gasteiger partial charge in [0.25, 0.3) is 5.91 Å². The Balaban J connectivity index is 2.23. The van der Waals surface area contributed by atoms with E-state index in [1.807, 2.05) is 31.2 Å². The molecule has 0 aliphatic rings. The number of halogens is 1. The van der Waals surface area contributed by atoms with Crippen LogP contribution in [0.25, 0.3) is 0 Å². The molecule has 0 unspecified atom stereocenters. The third kappa shape index (κ3) is 2.83. The van der Waals surface area contributed by atoms with Crippen LogP contribution in [-0.4, -0.2) is 10.3 Å². The Morgan fingerprint density at radius 3 is 2.59 bits per heavy atom. The molecule has 0 aliphatic carbocycles. The number of amides is 1. The fourth-order valence-electron chi connectivity index (χ4n) is 1.37. The predicted octanol–water partition coefficient (Wildman–Crippen LogP) is 4.13. The van der Waals surface area contributed by atoms with E-state index in [0.29, 0.717) is 9.39 Å². The lowest BCUT2D eigenvalue weighted by molar-refractivity contribution is 0.102. The number of hydrogen-bond acceptors (Lipinski definition) is 3. The van der Waals surface area contributed by atoms with Gasteiger partial charge in [-0.2, -0.15) is 0 Å². The molecule has 2 N–H and O–H groups in total. The van der Waals surface area contributed by atoms with E-state index in [1.165, 1.54) is 11.5 Å². The number of anilines is 1. The van der Waals surface area contributed by atoms with Crippen LogP contribution in [0.4, 0.5) is 5.69 Å². The van der Waals surface area contributed by atoms with E-state index < -0.39 is 0 Å². The number of carbonyl (C=O) groups is 1. The van der Waals surface area contributed by atoms with Gasteiger partial charge < -0.3 is 9.69 Å². The number of aryl methyl sites for hydroxylation is 1. The first-order valence-electron chi connectivity index (χ1n) is 4.83. The number of hydrogen-bond donors (Lipinski definition) is 2. The summed E-state index contributed by atoms with van der Waals surface area (Å²) in [5.41, 5.74) is 2.10. The van der Waals surface area contributed by atoms with Crippen molar-refractivity contribution in [1.82, 2.24) is 4.37 Å². The summed E-state index contributed by atoms with van der Waals surface area (Å²) in [5.74, 6) is -0.174. The van der Waals surface area contributed by atoms with Crippen LogP contribution in [0.3, 0.4) is 0 Å². The normalized spacial score (nSPS) is 10.2. The van der Waals surface area contributed by atoms with E-state index in [0.717, 1.165) is 15.9 Å². The number of benzene rings is 1. The summed E-state index contributed by atoms with van der Waals surface area (Å²) in [4.78, 5) is 12.0. The van der Waals surface area contributed by atoms with Gasteiger partial charge in [-0.25, -0.2) is 0 Å². The number of aromatic nitrogens is 1. The minimum absolute atomic E-state index is 0.174. The van der Waals surface area contributed by atoms with Crippen LogP contribution in [0, 0.1) is 10.7 Å². The maximum Gasteiger partial charge on any atom is 0.259 e. The fraction of sp³-hybridized carbons (Fsp3) is 0.0909. The number of carbonyl (C=O) groups excluding carboxylic acids is 1. The second-order valence-electron chi connectivity index (χ2n) is 3.45. The molecule has 0 aliphatic heterocycles. The van der Waals surface area contributed by atoms with Gasteiger partial charge in [-0.1, -0.05) is 28.1 Å². The van der Waals surface area contributed by atoms with E-state index >= 15 is 0 Å². The van der Waals surface area contributed by atoms with Crippen LogP contribution in [0.2, 0.25) is 0 Å². The van der Waals surface area contributed by atoms with Crippen LogP contribution >= 0.6 is 39.7 Å². The monoisotopic (exact) mass is 328 g/mol. The maximum absolute atomic E-state index is 12.0. The van der Waals surface area contributed by atoms with Crippen LogP contribution < -0.4 is 5.32 Å². The van der Waals surface area contributed by atoms with Crippen molar-refractivity contribution < 1.29 is 4.79 Å². The van der Waals surface area contributed by atoms with Gasteiger partial charge in [0.2, 0.25) is 0 Å². The standard InChI is InChI=1S/C11H9BrN2OS2/c1-6-9(11(16)17-14-6)10(15)13-8-4-2-7(12)3-5-8/h2-5,14H,1H3,(H,13,15). The highest BCUT2D eigenvalue weighted by Gasteiger charge is 2.13. The lowest BCUT2D eigenvalue weighted by atomic mass is 10.2. The van der Waals surface area contributed by atoms with E-state index in [1.54, 1.807) is 0 Å². The Labute approximate surface area is 116 Å². The van der Waals surface area contributed by atoms with E-state index in [9.17, 15) is 4.79 Å². The largest absolute Gasteiger partial charge is 0.322 e. The Kier molecular flexibility index (Phi) is 3.76. The Morgan fingerprint density at radius 1 is 1.41 bits per heavy atom. The minimum atomic E-state index is -0.174. The molecule has 0 saturated carbocycles. The lowest BCUT2D eigenvalue weighted by Gasteiger charge is -2.04. The molecule has 6 heteroatoms. The van der Waals surface area contributed by atoms with Crippen LogP contribution in [0.5, 0.6) is 0 Å². The predicted molar refractivity (Wildman–Crippen MR) is 76.3 cm³/mol. The first kappa shape index (κ1) is 12.5. The van der Waals surface area contributed by atoms with Gasteiger partial charge in [0.1, 0.15) is 3.82 Å². The van der Waals surface area contributed by atoms with E-state index in [4.69, 9.17) is 12.2 Å². The SMILES string of the molecule is Cc1[nH]sc(=S)c1C(=O)Nc1ccc(Br)cc1. The zero-order chi connectivity index (χ0) is 12.4. The zero-order valence-electron chi connectivity index (χ0n) is 8.91. The second kappa shape index (κ2) is 5.12. The molecule has 88 valence electrons. The second-order valence-corrected chi connectivity index (χ2v) is 5.85. The number of nitrogens with one attached hydrogen (secondary N) is 2. The highest BCUT2D eigenvalue weighted by molar-refractivity contribution is 9.10. The summed E-state index contributed by atoms with van der Waals surface area (Å²) >= 11 is 9.74. The van der Waals surface area contributed by atoms with Crippen molar-refractivity contribution in [3.8, 4) is 0 Å². The summed E-state index contributed by atoms with van der Waals surface area (Å²) < 4.78 is 4.53. The minimum Gasteiger partial charge on any atom is -0.322 e. The highest BCUT2D eigenvalue weighted by atomic mass is 79.9. The molecule has 0 saturated heterocycles. The highest BCUT2D eigenvalue weighted by Crippen LogP contribution is 2.18. The van der Waals surface area contributed by atoms with Crippen molar-refractivity contribution in [1.29, 1.82) is 0 Å². The maximum atomic E-state index is 12.0. The summed E-state index contributed by atoms with van der Waals surface area (Å²) in [6, 6.07) is 7.40. The average Bonchev–Trinajstić information content (AvgIpc) is 2.62. The molecule has 1 aromatic heterocycles. The number of rotatable bonds is 2. The van der Waals surface area contributed by atoms with E-state index in [-0.39, 0.29) is 5.91 Å². The molecule has 0 radical (unpaired) electrons. The van der Waals surface area contributed by atoms with E-state index in [2.05, 4.69) is 25.6 Å². The van der Waals surface area contributed by atoms with Crippen molar-refractivity contribution in [3.63, 3.8) is 0 Å². The van der Waals surface area contributed by atoms with Gasteiger partial charge in [-0.05, 0) is 42.7 Å². The van der Waals surface area contributed by atoms with Gasteiger partial charge in [-0.15, -0.1) is 0 Å². The molecule has 0 atom stereocenters. The molecule has 1 amide bonds. The van der Waals surface area contributed by atoms with Crippen molar-refractivity contribution in [2.24, 2.45) is 0 Å². The molecule has 17 heavy (non-hydrogen) atoms. The van der Waals surface area contributed by atoms with Gasteiger partial charge in [-0.3, -0.25) is 4.79 Å². The summed E-state index contributed by atoms with van der Waals surface area (Å²) in [7, 11) is 0. The Hall–Kier alpha value is -0.980. The fourth-order valence-corrected chi connectivity index (χ4v) is 2.70. The molecule has 3 nitrogen and oxygen atoms in total. The smallest absolute Gasteiger partial charge is 0.259 e. The Morgan fingerprint density at radius 2 is 2.06 bits per heavy atom. The molecule has 0 bridgehead atoms. The summed E-state index contributed by atoms with van der Waals surface area (Å²) in [5, 5.41) is 2.81. The Bertz CT molecular complexity index is 601. The van der Waals surface area contributed by atoms with Gasteiger partial charge in [0, 0.05) is 15.9 Å². The molecular weight excluding hydrogens is 320 g/mol. The number of aromatic amines is 1. The average molecular weight is 329 g/mol. The molecule has 0 fully saturated rings. The topological polar surface area (TPSA) is 44.9 Å². The lowest BCUT2D eigenvalue weighted by Crippen LogP contribution is -2.12. The third-order valence-corrected chi connectivity index (χ3v) is 3.99. The molecular formula is C11H9BrN2OS2. The zero-order valence-corrected chi connectivity index (χ0v) is 12.1. The molecule has 1 aromatic carbocycles.